The molecule has 1 heterocycles. The lowest BCUT2D eigenvalue weighted by Gasteiger charge is -2.22. The van der Waals surface area contributed by atoms with Crippen LogP contribution in [0.2, 0.25) is 0 Å². The third-order valence-electron chi connectivity index (χ3n) is 3.90. The first-order valence-electron chi connectivity index (χ1n) is 8.27. The van der Waals surface area contributed by atoms with Crippen LogP contribution in [0.3, 0.4) is 0 Å². The smallest absolute Gasteiger partial charge is 0.191 e. The topological polar surface area (TPSA) is 69.8 Å². The largest absolute Gasteiger partial charge is 0.466 e. The lowest BCUT2D eigenvalue weighted by Crippen LogP contribution is -2.44. The Morgan fingerprint density at radius 2 is 2.04 bits per heavy atom. The van der Waals surface area contributed by atoms with Gasteiger partial charge >= 0.3 is 0 Å². The maximum absolute atomic E-state index is 10.5. The Morgan fingerprint density at radius 1 is 1.25 bits per heavy atom. The molecule has 0 aliphatic carbocycles. The van der Waals surface area contributed by atoms with Crippen LogP contribution in [0.25, 0.3) is 0 Å². The van der Waals surface area contributed by atoms with Crippen molar-refractivity contribution in [3.8, 4) is 0 Å². The standard InChI is InChI=1S/C19H27N3O2/c1-5-20-18(21-12-16-9-8-14(2)11-15(16)3)22-13-19(4,23)17-7-6-10-24-17/h6-11,23H,5,12-13H2,1-4H3,(H2,20,21,22). The second kappa shape index (κ2) is 8.02. The Bertz CT molecular complexity index is 676. The summed E-state index contributed by atoms with van der Waals surface area (Å²) in [4.78, 5) is 4.61. The van der Waals surface area contributed by atoms with E-state index in [1.165, 1.54) is 16.7 Å². The van der Waals surface area contributed by atoms with Gasteiger partial charge in [0.1, 0.15) is 11.4 Å². The molecule has 2 rings (SSSR count). The fraction of sp³-hybridized carbons (Fsp3) is 0.421. The summed E-state index contributed by atoms with van der Waals surface area (Å²) in [5.41, 5.74) is 2.58. The normalized spacial score (nSPS) is 14.3. The number of nitrogens with one attached hydrogen (secondary N) is 2. The average Bonchev–Trinajstić information content (AvgIpc) is 3.07. The van der Waals surface area contributed by atoms with E-state index in [1.54, 1.807) is 25.3 Å². The van der Waals surface area contributed by atoms with E-state index in [-0.39, 0.29) is 0 Å². The highest BCUT2D eigenvalue weighted by Crippen LogP contribution is 2.19. The fourth-order valence-corrected chi connectivity index (χ4v) is 2.46. The van der Waals surface area contributed by atoms with Crippen LogP contribution in [0.15, 0.2) is 46.0 Å². The van der Waals surface area contributed by atoms with Crippen molar-refractivity contribution < 1.29 is 9.52 Å². The fourth-order valence-electron chi connectivity index (χ4n) is 2.46. The molecule has 0 saturated carbocycles. The Hall–Kier alpha value is -2.27. The van der Waals surface area contributed by atoms with Gasteiger partial charge in [-0.15, -0.1) is 0 Å². The van der Waals surface area contributed by atoms with Crippen molar-refractivity contribution in [1.82, 2.24) is 10.6 Å². The zero-order valence-electron chi connectivity index (χ0n) is 14.9. The molecule has 0 radical (unpaired) electrons. The van der Waals surface area contributed by atoms with Gasteiger partial charge in [-0.25, -0.2) is 4.99 Å². The number of nitrogens with zero attached hydrogens (tertiary/aromatic N) is 1. The summed E-state index contributed by atoms with van der Waals surface area (Å²) in [7, 11) is 0. The second-order valence-electron chi connectivity index (χ2n) is 6.23. The molecule has 0 aliphatic rings. The van der Waals surface area contributed by atoms with Gasteiger partial charge in [-0.05, 0) is 51.0 Å². The third-order valence-corrected chi connectivity index (χ3v) is 3.90. The number of aliphatic imine (C=N–C) groups is 1. The minimum atomic E-state index is -1.10. The van der Waals surface area contributed by atoms with Gasteiger partial charge in [0.2, 0.25) is 0 Å². The number of furan rings is 1. The molecule has 2 aromatic rings. The maximum atomic E-state index is 10.5. The van der Waals surface area contributed by atoms with Crippen molar-refractivity contribution in [1.29, 1.82) is 0 Å². The zero-order chi connectivity index (χ0) is 17.6. The van der Waals surface area contributed by atoms with Crippen molar-refractivity contribution in [3.63, 3.8) is 0 Å². The van der Waals surface area contributed by atoms with Crippen LogP contribution in [0, 0.1) is 13.8 Å². The van der Waals surface area contributed by atoms with Crippen LogP contribution in [0.5, 0.6) is 0 Å². The lowest BCUT2D eigenvalue weighted by atomic mass is 10.0. The van der Waals surface area contributed by atoms with Gasteiger partial charge in [0.25, 0.3) is 0 Å². The van der Waals surface area contributed by atoms with Gasteiger partial charge in [0.15, 0.2) is 5.96 Å². The first kappa shape index (κ1) is 18.1. The van der Waals surface area contributed by atoms with Gasteiger partial charge in [-0.1, -0.05) is 23.8 Å². The minimum absolute atomic E-state index is 0.305. The summed E-state index contributed by atoms with van der Waals surface area (Å²) in [5.74, 6) is 1.20. The van der Waals surface area contributed by atoms with E-state index in [0.717, 1.165) is 6.54 Å². The number of hydrogen-bond acceptors (Lipinski definition) is 3. The van der Waals surface area contributed by atoms with Crippen molar-refractivity contribution in [2.45, 2.75) is 39.8 Å². The van der Waals surface area contributed by atoms with Crippen molar-refractivity contribution >= 4 is 5.96 Å². The Labute approximate surface area is 143 Å². The molecule has 1 unspecified atom stereocenters. The van der Waals surface area contributed by atoms with Gasteiger partial charge < -0.3 is 20.2 Å². The number of benzene rings is 1. The molecule has 5 nitrogen and oxygen atoms in total. The zero-order valence-corrected chi connectivity index (χ0v) is 14.9. The van der Waals surface area contributed by atoms with Crippen LogP contribution in [0.1, 0.15) is 36.3 Å². The number of aryl methyl sites for hydroxylation is 2. The molecule has 1 aromatic heterocycles. The predicted octanol–water partition coefficient (Wildman–Crippen LogP) is 2.86. The SMILES string of the molecule is CCNC(=NCc1ccc(C)cc1C)NCC(C)(O)c1ccco1. The molecule has 3 N–H and O–H groups in total. The highest BCUT2D eigenvalue weighted by Gasteiger charge is 2.26. The van der Waals surface area contributed by atoms with E-state index in [1.807, 2.05) is 6.92 Å². The number of rotatable bonds is 6. The van der Waals surface area contributed by atoms with Crippen LogP contribution in [-0.4, -0.2) is 24.2 Å². The summed E-state index contributed by atoms with van der Waals surface area (Å²) in [6.45, 7) is 9.55. The van der Waals surface area contributed by atoms with E-state index in [0.29, 0.717) is 24.8 Å². The molecule has 5 heteroatoms. The molecule has 0 amide bonds. The van der Waals surface area contributed by atoms with E-state index in [2.05, 4.69) is 47.7 Å². The highest BCUT2D eigenvalue weighted by molar-refractivity contribution is 5.79. The lowest BCUT2D eigenvalue weighted by molar-refractivity contribution is 0.0386. The maximum Gasteiger partial charge on any atom is 0.191 e. The molecule has 0 bridgehead atoms. The number of hydrogen-bond donors (Lipinski definition) is 3. The van der Waals surface area contributed by atoms with E-state index < -0.39 is 5.60 Å². The van der Waals surface area contributed by atoms with Crippen LogP contribution in [-0.2, 0) is 12.1 Å². The molecule has 0 saturated heterocycles. The Balaban J connectivity index is 2.03. The number of aliphatic hydroxyl groups is 1. The van der Waals surface area contributed by atoms with Crippen molar-refractivity contribution in [3.05, 3.63) is 59.0 Å². The number of guanidine groups is 1. The van der Waals surface area contributed by atoms with E-state index >= 15 is 0 Å². The molecule has 130 valence electrons. The van der Waals surface area contributed by atoms with E-state index in [9.17, 15) is 5.11 Å². The molecular weight excluding hydrogens is 302 g/mol. The summed E-state index contributed by atoms with van der Waals surface area (Å²) >= 11 is 0. The van der Waals surface area contributed by atoms with Crippen molar-refractivity contribution in [2.75, 3.05) is 13.1 Å². The predicted molar refractivity (Wildman–Crippen MR) is 97.0 cm³/mol. The van der Waals surface area contributed by atoms with Crippen LogP contribution in [0.4, 0.5) is 0 Å². The average molecular weight is 329 g/mol. The van der Waals surface area contributed by atoms with E-state index in [4.69, 9.17) is 4.42 Å². The molecule has 0 aliphatic heterocycles. The molecule has 1 atom stereocenters. The Morgan fingerprint density at radius 3 is 2.67 bits per heavy atom. The van der Waals surface area contributed by atoms with Gasteiger partial charge in [-0.3, -0.25) is 0 Å². The summed E-state index contributed by atoms with van der Waals surface area (Å²) in [6, 6.07) is 9.90. The monoisotopic (exact) mass is 329 g/mol. The molecule has 0 spiro atoms. The molecular formula is C19H27N3O2. The molecule has 0 fully saturated rings. The first-order valence-corrected chi connectivity index (χ1v) is 8.27. The summed E-state index contributed by atoms with van der Waals surface area (Å²) < 4.78 is 5.30. The highest BCUT2D eigenvalue weighted by atomic mass is 16.4. The third kappa shape index (κ3) is 4.86. The minimum Gasteiger partial charge on any atom is -0.466 e. The first-order chi connectivity index (χ1) is 11.4. The van der Waals surface area contributed by atoms with Gasteiger partial charge in [-0.2, -0.15) is 0 Å². The van der Waals surface area contributed by atoms with Crippen LogP contribution >= 0.6 is 0 Å². The molecule has 24 heavy (non-hydrogen) atoms. The second-order valence-corrected chi connectivity index (χ2v) is 6.23. The van der Waals surface area contributed by atoms with Gasteiger partial charge in [0.05, 0.1) is 19.4 Å². The molecule has 1 aromatic carbocycles. The Kier molecular flexibility index (Phi) is 6.04. The van der Waals surface area contributed by atoms with Crippen LogP contribution < -0.4 is 10.6 Å². The summed E-state index contributed by atoms with van der Waals surface area (Å²) in [5, 5.41) is 16.9. The van der Waals surface area contributed by atoms with Crippen molar-refractivity contribution in [2.24, 2.45) is 4.99 Å². The summed E-state index contributed by atoms with van der Waals surface area (Å²) in [6.07, 6.45) is 1.56. The quantitative estimate of drug-likeness (QED) is 0.563. The van der Waals surface area contributed by atoms with Gasteiger partial charge in [0, 0.05) is 6.54 Å².